The highest BCUT2D eigenvalue weighted by molar-refractivity contribution is 7.15. The first-order valence-corrected chi connectivity index (χ1v) is 8.92. The summed E-state index contributed by atoms with van der Waals surface area (Å²) in [4.78, 5) is 18.3. The Labute approximate surface area is 152 Å². The molecule has 1 aromatic carbocycles. The van der Waals surface area contributed by atoms with Crippen molar-refractivity contribution in [1.29, 1.82) is 0 Å². The van der Waals surface area contributed by atoms with E-state index in [1.165, 1.54) is 11.3 Å². The molecule has 0 saturated carbocycles. The number of hydrogen-bond acceptors (Lipinski definition) is 6. The Morgan fingerprint density at radius 2 is 2.20 bits per heavy atom. The van der Waals surface area contributed by atoms with Gasteiger partial charge < -0.3 is 9.26 Å². The molecule has 0 fully saturated rings. The molecule has 8 heteroatoms. The van der Waals surface area contributed by atoms with Crippen molar-refractivity contribution in [3.63, 3.8) is 0 Å². The summed E-state index contributed by atoms with van der Waals surface area (Å²) >= 11 is 7.66. The highest BCUT2D eigenvalue weighted by Gasteiger charge is 2.24. The Balaban J connectivity index is 1.66. The van der Waals surface area contributed by atoms with Gasteiger partial charge in [0.25, 0.3) is 5.91 Å². The molecule has 1 aliphatic rings. The quantitative estimate of drug-likeness (QED) is 0.746. The summed E-state index contributed by atoms with van der Waals surface area (Å²) in [6.07, 6.45) is 0.763. The van der Waals surface area contributed by atoms with E-state index in [4.69, 9.17) is 20.9 Å². The van der Waals surface area contributed by atoms with Crippen LogP contribution in [-0.2, 0) is 17.8 Å². The lowest BCUT2D eigenvalue weighted by Crippen LogP contribution is -2.13. The average Bonchev–Trinajstić information content (AvgIpc) is 3.18. The van der Waals surface area contributed by atoms with E-state index >= 15 is 0 Å². The van der Waals surface area contributed by atoms with E-state index < -0.39 is 0 Å². The molecule has 0 bridgehead atoms. The molecule has 1 aliphatic heterocycles. The number of anilines is 1. The minimum atomic E-state index is -0.319. The zero-order valence-electron chi connectivity index (χ0n) is 13.3. The fourth-order valence-corrected chi connectivity index (χ4v) is 3.88. The van der Waals surface area contributed by atoms with Crippen LogP contribution in [-0.4, -0.2) is 22.7 Å². The number of amides is 1. The normalized spacial score (nSPS) is 13.5. The minimum Gasteiger partial charge on any atom is -0.375 e. The number of carbonyl (C=O) groups is 1. The number of ether oxygens (including phenoxy) is 1. The first-order chi connectivity index (χ1) is 12.1. The van der Waals surface area contributed by atoms with Crippen molar-refractivity contribution in [3.8, 4) is 11.3 Å². The van der Waals surface area contributed by atoms with Crippen molar-refractivity contribution >= 4 is 34.0 Å². The second kappa shape index (κ2) is 6.59. The maximum absolute atomic E-state index is 12.8. The Bertz CT molecular complexity index is 927. The van der Waals surface area contributed by atoms with Gasteiger partial charge in [-0.25, -0.2) is 4.98 Å². The van der Waals surface area contributed by atoms with Crippen molar-refractivity contribution in [2.45, 2.75) is 20.0 Å². The summed E-state index contributed by atoms with van der Waals surface area (Å²) in [5.41, 5.74) is 2.42. The molecule has 1 N–H and O–H groups in total. The summed E-state index contributed by atoms with van der Waals surface area (Å²) < 4.78 is 10.7. The van der Waals surface area contributed by atoms with Crippen molar-refractivity contribution < 1.29 is 14.1 Å². The van der Waals surface area contributed by atoms with Gasteiger partial charge in [-0.3, -0.25) is 10.1 Å². The molecular weight excluding hydrogens is 362 g/mol. The van der Waals surface area contributed by atoms with Gasteiger partial charge in [-0.05, 0) is 13.0 Å². The van der Waals surface area contributed by atoms with Crippen molar-refractivity contribution in [2.75, 3.05) is 11.9 Å². The number of rotatable bonds is 3. The number of aromatic nitrogens is 2. The van der Waals surface area contributed by atoms with E-state index in [1.54, 1.807) is 19.1 Å². The number of halogens is 1. The maximum atomic E-state index is 12.8. The SMILES string of the molecule is Cc1onc(-c2ccccc2Cl)c1C(=O)Nc1nc2c(s1)COCC2. The molecule has 0 spiro atoms. The van der Waals surface area contributed by atoms with Crippen LogP contribution in [0.5, 0.6) is 0 Å². The number of aryl methyl sites for hydroxylation is 1. The highest BCUT2D eigenvalue weighted by Crippen LogP contribution is 2.32. The molecule has 0 aliphatic carbocycles. The van der Waals surface area contributed by atoms with Gasteiger partial charge in [-0.1, -0.05) is 46.3 Å². The second-order valence-corrected chi connectivity index (χ2v) is 7.08. The standard InChI is InChI=1S/C17H14ClN3O3S/c1-9-14(15(21-24-9)10-4-2-3-5-11(10)18)16(22)20-17-19-12-6-7-23-8-13(12)25-17/h2-5H,6-8H2,1H3,(H,19,20,22). The molecule has 1 amide bonds. The molecule has 3 aromatic rings. The van der Waals surface area contributed by atoms with E-state index in [1.807, 2.05) is 12.1 Å². The zero-order valence-corrected chi connectivity index (χ0v) is 14.9. The monoisotopic (exact) mass is 375 g/mol. The van der Waals surface area contributed by atoms with Gasteiger partial charge in [0.2, 0.25) is 0 Å². The van der Waals surface area contributed by atoms with Crippen LogP contribution in [0.3, 0.4) is 0 Å². The van der Waals surface area contributed by atoms with E-state index in [2.05, 4.69) is 15.5 Å². The van der Waals surface area contributed by atoms with Crippen molar-refractivity contribution in [2.24, 2.45) is 0 Å². The molecule has 128 valence electrons. The summed E-state index contributed by atoms with van der Waals surface area (Å²) in [6, 6.07) is 7.20. The van der Waals surface area contributed by atoms with E-state index in [9.17, 15) is 4.79 Å². The first-order valence-electron chi connectivity index (χ1n) is 7.72. The number of fused-ring (bicyclic) bond motifs is 1. The number of nitrogens with one attached hydrogen (secondary N) is 1. The molecule has 3 heterocycles. The van der Waals surface area contributed by atoms with Crippen LogP contribution in [0.25, 0.3) is 11.3 Å². The number of thiazole rings is 1. The number of benzene rings is 1. The molecule has 25 heavy (non-hydrogen) atoms. The number of carbonyl (C=O) groups excluding carboxylic acids is 1. The molecule has 0 unspecified atom stereocenters. The van der Waals surface area contributed by atoms with Crippen LogP contribution in [0.15, 0.2) is 28.8 Å². The maximum Gasteiger partial charge on any atom is 0.263 e. The predicted molar refractivity (Wildman–Crippen MR) is 95.1 cm³/mol. The summed E-state index contributed by atoms with van der Waals surface area (Å²) in [5, 5.41) is 7.91. The van der Waals surface area contributed by atoms with Crippen LogP contribution in [0.2, 0.25) is 5.02 Å². The van der Waals surface area contributed by atoms with Crippen LogP contribution < -0.4 is 5.32 Å². The molecule has 4 rings (SSSR count). The fourth-order valence-electron chi connectivity index (χ4n) is 2.71. The van der Waals surface area contributed by atoms with Gasteiger partial charge in [0.05, 0.1) is 28.8 Å². The third-order valence-electron chi connectivity index (χ3n) is 3.93. The minimum absolute atomic E-state index is 0.319. The largest absolute Gasteiger partial charge is 0.375 e. The topological polar surface area (TPSA) is 77.3 Å². The average molecular weight is 376 g/mol. The Morgan fingerprint density at radius 3 is 3.00 bits per heavy atom. The fraction of sp³-hybridized carbons (Fsp3) is 0.235. The van der Waals surface area contributed by atoms with Crippen LogP contribution >= 0.6 is 22.9 Å². The van der Waals surface area contributed by atoms with Gasteiger partial charge in [0, 0.05) is 12.0 Å². The van der Waals surface area contributed by atoms with Gasteiger partial charge in [-0.15, -0.1) is 0 Å². The highest BCUT2D eigenvalue weighted by atomic mass is 35.5. The van der Waals surface area contributed by atoms with Crippen molar-refractivity contribution in [1.82, 2.24) is 10.1 Å². The third-order valence-corrected chi connectivity index (χ3v) is 5.25. The van der Waals surface area contributed by atoms with Gasteiger partial charge in [0.1, 0.15) is 17.0 Å². The van der Waals surface area contributed by atoms with E-state index in [-0.39, 0.29) is 5.91 Å². The van der Waals surface area contributed by atoms with Gasteiger partial charge in [0.15, 0.2) is 5.13 Å². The third kappa shape index (κ3) is 3.06. The molecule has 0 saturated heterocycles. The van der Waals surface area contributed by atoms with Crippen LogP contribution in [0.4, 0.5) is 5.13 Å². The Kier molecular flexibility index (Phi) is 4.29. The first kappa shape index (κ1) is 16.3. The van der Waals surface area contributed by atoms with Gasteiger partial charge >= 0.3 is 0 Å². The Morgan fingerprint density at radius 1 is 1.36 bits per heavy atom. The lowest BCUT2D eigenvalue weighted by Gasteiger charge is -2.08. The number of nitrogens with zero attached hydrogens (tertiary/aromatic N) is 2. The molecule has 0 radical (unpaired) electrons. The summed E-state index contributed by atoms with van der Waals surface area (Å²) in [7, 11) is 0. The molecule has 6 nitrogen and oxygen atoms in total. The zero-order chi connectivity index (χ0) is 17.4. The van der Waals surface area contributed by atoms with E-state index in [0.29, 0.717) is 45.9 Å². The molecule has 2 aromatic heterocycles. The Hall–Kier alpha value is -2.22. The summed E-state index contributed by atoms with van der Waals surface area (Å²) in [6.45, 7) is 2.90. The lowest BCUT2D eigenvalue weighted by atomic mass is 10.1. The van der Waals surface area contributed by atoms with Crippen LogP contribution in [0.1, 0.15) is 26.7 Å². The predicted octanol–water partition coefficient (Wildman–Crippen LogP) is 4.08. The van der Waals surface area contributed by atoms with Crippen LogP contribution in [0, 0.1) is 6.92 Å². The smallest absolute Gasteiger partial charge is 0.263 e. The molecule has 0 atom stereocenters. The lowest BCUT2D eigenvalue weighted by molar-refractivity contribution is 0.102. The molecular formula is C17H14ClN3O3S. The van der Waals surface area contributed by atoms with Crippen molar-refractivity contribution in [3.05, 3.63) is 51.2 Å². The van der Waals surface area contributed by atoms with Gasteiger partial charge in [-0.2, -0.15) is 0 Å². The summed E-state index contributed by atoms with van der Waals surface area (Å²) in [5.74, 6) is 0.109. The second-order valence-electron chi connectivity index (χ2n) is 5.59. The number of hydrogen-bond donors (Lipinski definition) is 1. The van der Waals surface area contributed by atoms with E-state index in [0.717, 1.165) is 17.0 Å².